The Hall–Kier alpha value is -7.17. The first-order valence-electron chi connectivity index (χ1n) is 18.0. The Labute approximate surface area is 302 Å². The summed E-state index contributed by atoms with van der Waals surface area (Å²) in [5.74, 6) is 0. The van der Waals surface area contributed by atoms with Gasteiger partial charge in [0, 0.05) is 59.7 Å². The molecule has 0 N–H and O–H groups in total. The molecule has 12 aromatic rings. The van der Waals surface area contributed by atoms with Crippen LogP contribution >= 0.6 is 0 Å². The highest BCUT2D eigenvalue weighted by Crippen LogP contribution is 2.41. The van der Waals surface area contributed by atoms with Crippen molar-refractivity contribution >= 4 is 81.7 Å². The number of furan rings is 1. The lowest BCUT2D eigenvalue weighted by atomic mass is 9.95. The van der Waals surface area contributed by atoms with Gasteiger partial charge in [0.25, 0.3) is 5.56 Å². The highest BCUT2D eigenvalue weighted by atomic mass is 16.3. The highest BCUT2D eigenvalue weighted by Gasteiger charge is 2.20. The smallest absolute Gasteiger partial charge is 0.263 e. The molecule has 8 aromatic carbocycles. The Morgan fingerprint density at radius 2 is 1.04 bits per heavy atom. The van der Waals surface area contributed by atoms with Crippen LogP contribution in [0.4, 0.5) is 0 Å². The van der Waals surface area contributed by atoms with Gasteiger partial charge in [-0.05, 0) is 65.2 Å². The fraction of sp³-hybridized carbons (Fsp3) is 0. The maximum atomic E-state index is 14.3. The molecule has 12 rings (SSSR count). The van der Waals surface area contributed by atoms with E-state index >= 15 is 0 Å². The third kappa shape index (κ3) is 3.81. The fourth-order valence-corrected chi connectivity index (χ4v) is 9.02. The number of para-hydroxylation sites is 5. The van der Waals surface area contributed by atoms with E-state index in [0.717, 1.165) is 98.9 Å². The molecular formula is C49H28N2O2. The predicted octanol–water partition coefficient (Wildman–Crippen LogP) is 12.5. The van der Waals surface area contributed by atoms with Crippen LogP contribution in [-0.4, -0.2) is 8.97 Å². The topological polar surface area (TPSA) is 39.5 Å². The molecule has 4 nitrogen and oxygen atoms in total. The fourth-order valence-electron chi connectivity index (χ4n) is 9.02. The Bertz CT molecular complexity index is 3550. The maximum Gasteiger partial charge on any atom is 0.263 e. The van der Waals surface area contributed by atoms with Crippen LogP contribution in [0.1, 0.15) is 0 Å². The van der Waals surface area contributed by atoms with Crippen LogP contribution in [0, 0.1) is 0 Å². The largest absolute Gasteiger partial charge is 0.455 e. The van der Waals surface area contributed by atoms with Gasteiger partial charge in [0.15, 0.2) is 0 Å². The zero-order valence-electron chi connectivity index (χ0n) is 28.4. The van der Waals surface area contributed by atoms with Crippen LogP contribution in [0.15, 0.2) is 179 Å². The monoisotopic (exact) mass is 676 g/mol. The van der Waals surface area contributed by atoms with Crippen LogP contribution in [-0.2, 0) is 0 Å². The average Bonchev–Trinajstić information content (AvgIpc) is 3.88. The molecule has 4 heteroatoms. The van der Waals surface area contributed by atoms with Crippen LogP contribution in [0.3, 0.4) is 0 Å². The van der Waals surface area contributed by atoms with E-state index in [4.69, 9.17) is 4.42 Å². The molecule has 53 heavy (non-hydrogen) atoms. The van der Waals surface area contributed by atoms with Gasteiger partial charge in [-0.25, -0.2) is 0 Å². The Morgan fingerprint density at radius 1 is 0.415 bits per heavy atom. The maximum absolute atomic E-state index is 14.3. The summed E-state index contributed by atoms with van der Waals surface area (Å²) >= 11 is 0. The first-order valence-corrected chi connectivity index (χ1v) is 18.0. The van der Waals surface area contributed by atoms with Gasteiger partial charge in [-0.15, -0.1) is 0 Å². The molecular weight excluding hydrogens is 649 g/mol. The SMILES string of the molecule is O=c1c2cccc(-c3cccc(-n4c5ccccc5c5cc(-c6cccc7c6oc6ccccc67)ccc54)c3)c2c2cccc3c4ccccc4n1c32. The molecule has 0 aliphatic carbocycles. The van der Waals surface area contributed by atoms with Crippen molar-refractivity contribution in [3.63, 3.8) is 0 Å². The molecule has 0 saturated heterocycles. The number of benzene rings is 8. The lowest BCUT2D eigenvalue weighted by Gasteiger charge is -2.14. The molecule has 0 aliphatic rings. The minimum Gasteiger partial charge on any atom is -0.455 e. The quantitative estimate of drug-likeness (QED) is 0.175. The molecule has 0 aliphatic heterocycles. The van der Waals surface area contributed by atoms with Crippen LogP contribution < -0.4 is 5.56 Å². The van der Waals surface area contributed by atoms with Gasteiger partial charge in [0.2, 0.25) is 0 Å². The lowest BCUT2D eigenvalue weighted by molar-refractivity contribution is 0.670. The van der Waals surface area contributed by atoms with Crippen LogP contribution in [0.2, 0.25) is 0 Å². The number of hydrogen-bond donors (Lipinski definition) is 0. The number of rotatable bonds is 3. The molecule has 4 heterocycles. The summed E-state index contributed by atoms with van der Waals surface area (Å²) in [5, 5.41) is 9.61. The summed E-state index contributed by atoms with van der Waals surface area (Å²) in [4.78, 5) is 14.3. The number of nitrogens with zero attached hydrogens (tertiary/aromatic N) is 2. The summed E-state index contributed by atoms with van der Waals surface area (Å²) in [6.45, 7) is 0. The molecule has 246 valence electrons. The second-order valence-corrected chi connectivity index (χ2v) is 14.0. The van der Waals surface area contributed by atoms with Crippen molar-refractivity contribution < 1.29 is 4.42 Å². The third-order valence-corrected chi connectivity index (χ3v) is 11.3. The number of pyridine rings is 1. The molecule has 0 spiro atoms. The molecule has 0 saturated carbocycles. The van der Waals surface area contributed by atoms with Gasteiger partial charge in [-0.1, -0.05) is 121 Å². The third-order valence-electron chi connectivity index (χ3n) is 11.3. The number of hydrogen-bond acceptors (Lipinski definition) is 2. The molecule has 0 fully saturated rings. The molecule has 0 amide bonds. The molecule has 4 aromatic heterocycles. The Kier molecular flexibility index (Phi) is 5.62. The van der Waals surface area contributed by atoms with Crippen molar-refractivity contribution in [3.8, 4) is 27.9 Å². The van der Waals surface area contributed by atoms with Crippen molar-refractivity contribution in [2.24, 2.45) is 0 Å². The minimum absolute atomic E-state index is 0.0134. The van der Waals surface area contributed by atoms with E-state index in [0.29, 0.717) is 0 Å². The van der Waals surface area contributed by atoms with Gasteiger partial charge in [-0.2, -0.15) is 0 Å². The first-order chi connectivity index (χ1) is 26.2. The van der Waals surface area contributed by atoms with Crippen LogP contribution in [0.25, 0.3) is 110 Å². The lowest BCUT2D eigenvalue weighted by Crippen LogP contribution is -2.13. The van der Waals surface area contributed by atoms with Gasteiger partial charge in [0.1, 0.15) is 11.2 Å². The second kappa shape index (κ2) is 10.4. The van der Waals surface area contributed by atoms with Crippen molar-refractivity contribution in [2.45, 2.75) is 0 Å². The summed E-state index contributed by atoms with van der Waals surface area (Å²) in [7, 11) is 0. The zero-order valence-corrected chi connectivity index (χ0v) is 28.4. The summed E-state index contributed by atoms with van der Waals surface area (Å²) in [6, 6.07) is 59.5. The van der Waals surface area contributed by atoms with Crippen molar-refractivity contribution in [3.05, 3.63) is 180 Å². The van der Waals surface area contributed by atoms with Crippen LogP contribution in [0.5, 0.6) is 0 Å². The Balaban J connectivity index is 1.08. The van der Waals surface area contributed by atoms with Crippen molar-refractivity contribution in [1.29, 1.82) is 0 Å². The molecule has 0 unspecified atom stereocenters. The minimum atomic E-state index is 0.0134. The normalized spacial score (nSPS) is 12.2. The summed E-state index contributed by atoms with van der Waals surface area (Å²) in [5.41, 5.74) is 11.4. The van der Waals surface area contributed by atoms with E-state index in [2.05, 4.69) is 132 Å². The van der Waals surface area contributed by atoms with Gasteiger partial charge in [0.05, 0.1) is 22.1 Å². The van der Waals surface area contributed by atoms with E-state index < -0.39 is 0 Å². The van der Waals surface area contributed by atoms with E-state index in [-0.39, 0.29) is 5.56 Å². The van der Waals surface area contributed by atoms with E-state index in [1.165, 1.54) is 10.8 Å². The molecule has 0 atom stereocenters. The molecule has 0 radical (unpaired) electrons. The second-order valence-electron chi connectivity index (χ2n) is 14.0. The number of fused-ring (bicyclic) bond motifs is 11. The highest BCUT2D eigenvalue weighted by molar-refractivity contribution is 6.23. The predicted molar refractivity (Wildman–Crippen MR) is 220 cm³/mol. The van der Waals surface area contributed by atoms with Gasteiger partial charge < -0.3 is 8.98 Å². The molecule has 0 bridgehead atoms. The van der Waals surface area contributed by atoms with Crippen molar-refractivity contribution in [1.82, 2.24) is 8.97 Å². The summed E-state index contributed by atoms with van der Waals surface area (Å²) in [6.07, 6.45) is 0. The average molecular weight is 677 g/mol. The van der Waals surface area contributed by atoms with E-state index in [1.807, 2.05) is 46.9 Å². The standard InChI is InChI=1S/C49H28N2O2/c52-49-40-21-8-16-32(46(40)39-20-10-18-37-34-13-1-5-23-43(34)51(49)47(37)39)29-11-7-12-31(27-29)50-42-22-4-2-14-35(42)41-28-30(25-26-44(41)50)33-17-9-19-38-36-15-3-6-24-45(36)53-48(33)38/h1-28H. The van der Waals surface area contributed by atoms with Gasteiger partial charge >= 0.3 is 0 Å². The zero-order chi connectivity index (χ0) is 34.8. The summed E-state index contributed by atoms with van der Waals surface area (Å²) < 4.78 is 10.7. The Morgan fingerprint density at radius 3 is 1.92 bits per heavy atom. The van der Waals surface area contributed by atoms with E-state index in [1.54, 1.807) is 0 Å². The first kappa shape index (κ1) is 28.5. The van der Waals surface area contributed by atoms with Gasteiger partial charge in [-0.3, -0.25) is 9.20 Å². The number of aromatic nitrogens is 2. The van der Waals surface area contributed by atoms with E-state index in [9.17, 15) is 4.79 Å². The van der Waals surface area contributed by atoms with Crippen molar-refractivity contribution in [2.75, 3.05) is 0 Å².